The highest BCUT2D eigenvalue weighted by Crippen LogP contribution is 2.31. The first-order valence-corrected chi connectivity index (χ1v) is 6.92. The van der Waals surface area contributed by atoms with Crippen LogP contribution in [0.5, 0.6) is 0 Å². The Bertz CT molecular complexity index is 576. The lowest BCUT2D eigenvalue weighted by Gasteiger charge is -2.20. The van der Waals surface area contributed by atoms with Gasteiger partial charge >= 0.3 is 0 Å². The minimum atomic E-state index is 0.501. The average Bonchev–Trinajstić information content (AvgIpc) is 2.46. The molecular formula is C16H23N3. The van der Waals surface area contributed by atoms with Gasteiger partial charge in [0.2, 0.25) is 0 Å². The maximum atomic E-state index is 5.98. The second kappa shape index (κ2) is 6.15. The fourth-order valence-electron chi connectivity index (χ4n) is 2.96. The molecule has 0 aliphatic carbocycles. The molecule has 0 radical (unpaired) electrons. The zero-order valence-electron chi connectivity index (χ0n) is 11.6. The highest BCUT2D eigenvalue weighted by atomic mass is 14.6. The highest BCUT2D eigenvalue weighted by Gasteiger charge is 2.15. The van der Waals surface area contributed by atoms with E-state index in [1.165, 1.54) is 21.9 Å². The predicted octanol–water partition coefficient (Wildman–Crippen LogP) is 2.17. The van der Waals surface area contributed by atoms with Crippen molar-refractivity contribution in [2.24, 2.45) is 17.2 Å². The topological polar surface area (TPSA) is 78.1 Å². The quantitative estimate of drug-likeness (QED) is 0.768. The Morgan fingerprint density at radius 1 is 0.737 bits per heavy atom. The molecule has 0 unspecified atom stereocenters. The van der Waals surface area contributed by atoms with Crippen molar-refractivity contribution < 1.29 is 0 Å². The van der Waals surface area contributed by atoms with Crippen LogP contribution in [0.25, 0.3) is 10.8 Å². The Morgan fingerprint density at radius 3 is 1.68 bits per heavy atom. The van der Waals surface area contributed by atoms with Crippen LogP contribution in [0.4, 0.5) is 0 Å². The first-order chi connectivity index (χ1) is 9.28. The molecule has 0 spiro atoms. The number of nitrogens with two attached hydrogens (primary N) is 3. The zero-order chi connectivity index (χ0) is 13.8. The smallest absolute Gasteiger partial charge is 0.0187 e. The van der Waals surface area contributed by atoms with Crippen molar-refractivity contribution in [3.05, 3.63) is 46.5 Å². The van der Waals surface area contributed by atoms with Gasteiger partial charge in [0.25, 0.3) is 0 Å². The minimum absolute atomic E-state index is 0.501. The molecule has 0 saturated heterocycles. The van der Waals surface area contributed by atoms with E-state index in [-0.39, 0.29) is 0 Å². The molecule has 0 atom stereocenters. The summed E-state index contributed by atoms with van der Waals surface area (Å²) in [4.78, 5) is 0. The first kappa shape index (κ1) is 14.0. The third-order valence-corrected chi connectivity index (χ3v) is 3.78. The lowest BCUT2D eigenvalue weighted by Crippen LogP contribution is -2.15. The summed E-state index contributed by atoms with van der Waals surface area (Å²) >= 11 is 0. The Kier molecular flexibility index (Phi) is 4.53. The molecule has 0 fully saturated rings. The molecule has 2 rings (SSSR count). The molecule has 0 aromatic heterocycles. The van der Waals surface area contributed by atoms with Crippen molar-refractivity contribution in [3.8, 4) is 0 Å². The van der Waals surface area contributed by atoms with Crippen LogP contribution in [-0.2, 0) is 26.1 Å². The molecule has 0 amide bonds. The van der Waals surface area contributed by atoms with E-state index in [2.05, 4.69) is 31.2 Å². The van der Waals surface area contributed by atoms with Gasteiger partial charge in [0, 0.05) is 19.6 Å². The van der Waals surface area contributed by atoms with Gasteiger partial charge in [-0.05, 0) is 39.4 Å². The number of aryl methyl sites for hydroxylation is 1. The van der Waals surface area contributed by atoms with Crippen LogP contribution in [0.3, 0.4) is 0 Å². The van der Waals surface area contributed by atoms with Crippen molar-refractivity contribution in [3.63, 3.8) is 0 Å². The summed E-state index contributed by atoms with van der Waals surface area (Å²) < 4.78 is 0. The van der Waals surface area contributed by atoms with Gasteiger partial charge in [0.15, 0.2) is 0 Å². The van der Waals surface area contributed by atoms with Gasteiger partial charge in [-0.1, -0.05) is 37.6 Å². The Morgan fingerprint density at radius 2 is 1.21 bits per heavy atom. The summed E-state index contributed by atoms with van der Waals surface area (Å²) in [5.41, 5.74) is 22.7. The molecule has 0 aliphatic heterocycles. The first-order valence-electron chi connectivity index (χ1n) is 6.92. The molecule has 102 valence electrons. The van der Waals surface area contributed by atoms with Gasteiger partial charge in [-0.2, -0.15) is 0 Å². The van der Waals surface area contributed by atoms with Crippen molar-refractivity contribution in [1.82, 2.24) is 0 Å². The number of rotatable bonds is 5. The van der Waals surface area contributed by atoms with Gasteiger partial charge in [-0.25, -0.2) is 0 Å². The summed E-state index contributed by atoms with van der Waals surface area (Å²) in [6.07, 6.45) is 2.13. The van der Waals surface area contributed by atoms with E-state index >= 15 is 0 Å². The maximum absolute atomic E-state index is 5.98. The predicted molar refractivity (Wildman–Crippen MR) is 81.6 cm³/mol. The molecule has 19 heavy (non-hydrogen) atoms. The van der Waals surface area contributed by atoms with Crippen LogP contribution in [0.1, 0.15) is 35.6 Å². The summed E-state index contributed by atoms with van der Waals surface area (Å²) in [5, 5.41) is 2.51. The molecule has 2 aromatic carbocycles. The molecule has 0 saturated carbocycles. The van der Waals surface area contributed by atoms with Gasteiger partial charge in [-0.15, -0.1) is 0 Å². The molecular weight excluding hydrogens is 234 g/mol. The van der Waals surface area contributed by atoms with Gasteiger partial charge in [0.1, 0.15) is 0 Å². The Hall–Kier alpha value is -1.42. The average molecular weight is 257 g/mol. The molecule has 3 nitrogen and oxygen atoms in total. The van der Waals surface area contributed by atoms with Gasteiger partial charge < -0.3 is 17.2 Å². The third kappa shape index (κ3) is 2.37. The zero-order valence-corrected chi connectivity index (χ0v) is 11.6. The van der Waals surface area contributed by atoms with E-state index in [4.69, 9.17) is 17.2 Å². The Balaban J connectivity index is 2.88. The van der Waals surface area contributed by atoms with Crippen LogP contribution in [-0.4, -0.2) is 0 Å². The Labute approximate surface area is 114 Å². The summed E-state index contributed by atoms with van der Waals surface area (Å²) in [5.74, 6) is 0. The molecule has 2 aromatic rings. The van der Waals surface area contributed by atoms with Gasteiger partial charge in [0.05, 0.1) is 0 Å². The number of benzene rings is 2. The largest absolute Gasteiger partial charge is 0.326 e. The van der Waals surface area contributed by atoms with E-state index in [1.807, 2.05) is 0 Å². The van der Waals surface area contributed by atoms with E-state index in [0.717, 1.165) is 24.0 Å². The number of hydrogen-bond donors (Lipinski definition) is 3. The van der Waals surface area contributed by atoms with Crippen molar-refractivity contribution in [2.75, 3.05) is 0 Å². The lowest BCUT2D eigenvalue weighted by atomic mass is 9.87. The molecule has 0 heterocycles. The van der Waals surface area contributed by atoms with E-state index in [9.17, 15) is 0 Å². The number of hydrogen-bond acceptors (Lipinski definition) is 3. The molecule has 3 heteroatoms. The number of fused-ring (bicyclic) bond motifs is 1. The van der Waals surface area contributed by atoms with Gasteiger partial charge in [-0.3, -0.25) is 0 Å². The monoisotopic (exact) mass is 257 g/mol. The van der Waals surface area contributed by atoms with Crippen LogP contribution >= 0.6 is 0 Å². The fraction of sp³-hybridized carbons (Fsp3) is 0.375. The summed E-state index contributed by atoms with van der Waals surface area (Å²) in [6.45, 7) is 3.72. The summed E-state index contributed by atoms with van der Waals surface area (Å²) in [6, 6.07) is 8.43. The van der Waals surface area contributed by atoms with Crippen LogP contribution in [0.2, 0.25) is 0 Å². The highest BCUT2D eigenvalue weighted by molar-refractivity contribution is 5.91. The van der Waals surface area contributed by atoms with E-state index in [1.54, 1.807) is 0 Å². The van der Waals surface area contributed by atoms with E-state index < -0.39 is 0 Å². The SMILES string of the molecule is CCCc1c(CN)c(CN)c(CN)c2ccccc12. The second-order valence-electron chi connectivity index (χ2n) is 4.82. The summed E-state index contributed by atoms with van der Waals surface area (Å²) in [7, 11) is 0. The lowest BCUT2D eigenvalue weighted by molar-refractivity contribution is 0.873. The maximum Gasteiger partial charge on any atom is 0.0187 e. The van der Waals surface area contributed by atoms with Crippen molar-refractivity contribution in [1.29, 1.82) is 0 Å². The molecule has 0 bridgehead atoms. The van der Waals surface area contributed by atoms with Crippen molar-refractivity contribution >= 4 is 10.8 Å². The second-order valence-corrected chi connectivity index (χ2v) is 4.82. The normalized spacial score (nSPS) is 11.2. The third-order valence-electron chi connectivity index (χ3n) is 3.78. The molecule has 6 N–H and O–H groups in total. The minimum Gasteiger partial charge on any atom is -0.326 e. The standard InChI is InChI=1S/C16H23N3/c1-2-5-11-12-6-3-4-7-13(12)15(9-18)16(10-19)14(11)8-17/h3-4,6-7H,2,5,8-10,17-19H2,1H3. The van der Waals surface area contributed by atoms with Crippen LogP contribution in [0.15, 0.2) is 24.3 Å². The van der Waals surface area contributed by atoms with Crippen molar-refractivity contribution in [2.45, 2.75) is 39.4 Å². The van der Waals surface area contributed by atoms with Crippen LogP contribution < -0.4 is 17.2 Å². The fourth-order valence-corrected chi connectivity index (χ4v) is 2.96. The molecule has 0 aliphatic rings. The van der Waals surface area contributed by atoms with E-state index in [0.29, 0.717) is 19.6 Å². The van der Waals surface area contributed by atoms with Crippen LogP contribution in [0, 0.1) is 0 Å².